The minimum absolute atomic E-state index is 0.809. The maximum absolute atomic E-state index is 5.60. The zero-order valence-electron chi connectivity index (χ0n) is 11.7. The van der Waals surface area contributed by atoms with Crippen molar-refractivity contribution in [2.75, 3.05) is 19.7 Å². The lowest BCUT2D eigenvalue weighted by atomic mass is 9.99. The molecule has 0 atom stereocenters. The van der Waals surface area contributed by atoms with Crippen molar-refractivity contribution in [1.29, 1.82) is 0 Å². The molecule has 0 spiro atoms. The molecule has 1 saturated heterocycles. The van der Waals surface area contributed by atoms with Gasteiger partial charge in [-0.3, -0.25) is 4.90 Å². The van der Waals surface area contributed by atoms with Crippen LogP contribution in [0.25, 0.3) is 0 Å². The summed E-state index contributed by atoms with van der Waals surface area (Å²) in [6.07, 6.45) is 3.75. The normalized spacial score (nSPS) is 17.9. The van der Waals surface area contributed by atoms with Gasteiger partial charge in [-0.25, -0.2) is 0 Å². The van der Waals surface area contributed by atoms with E-state index < -0.39 is 0 Å². The van der Waals surface area contributed by atoms with E-state index in [1.165, 1.54) is 31.5 Å². The van der Waals surface area contributed by atoms with Gasteiger partial charge in [0, 0.05) is 6.54 Å². The van der Waals surface area contributed by atoms with E-state index in [-0.39, 0.29) is 0 Å². The zero-order chi connectivity index (χ0) is 12.8. The van der Waals surface area contributed by atoms with Crippen LogP contribution in [0.3, 0.4) is 0 Å². The van der Waals surface area contributed by atoms with Crippen molar-refractivity contribution in [3.8, 4) is 5.75 Å². The van der Waals surface area contributed by atoms with Gasteiger partial charge in [0.1, 0.15) is 5.75 Å². The molecule has 1 heterocycles. The molecule has 1 aliphatic rings. The first-order valence-electron chi connectivity index (χ1n) is 7.22. The predicted octanol–water partition coefficient (Wildman–Crippen LogP) is 3.71. The van der Waals surface area contributed by atoms with E-state index in [2.05, 4.69) is 43.0 Å². The second kappa shape index (κ2) is 6.79. The van der Waals surface area contributed by atoms with E-state index in [1.54, 1.807) is 0 Å². The molecular weight excluding hydrogens is 222 g/mol. The molecule has 0 amide bonds. The molecule has 0 saturated carbocycles. The van der Waals surface area contributed by atoms with E-state index in [1.807, 2.05) is 0 Å². The predicted molar refractivity (Wildman–Crippen MR) is 75.9 cm³/mol. The van der Waals surface area contributed by atoms with Crippen molar-refractivity contribution in [3.05, 3.63) is 29.8 Å². The Labute approximate surface area is 111 Å². The van der Waals surface area contributed by atoms with Gasteiger partial charge in [-0.1, -0.05) is 26.0 Å². The molecule has 1 fully saturated rings. The fourth-order valence-electron chi connectivity index (χ4n) is 2.39. The lowest BCUT2D eigenvalue weighted by Crippen LogP contribution is -2.32. The van der Waals surface area contributed by atoms with Crippen molar-refractivity contribution in [3.63, 3.8) is 0 Å². The third kappa shape index (κ3) is 4.02. The number of ether oxygens (including phenoxy) is 1. The summed E-state index contributed by atoms with van der Waals surface area (Å²) in [6, 6.07) is 8.58. The Bertz CT molecular complexity index is 339. The van der Waals surface area contributed by atoms with Gasteiger partial charge in [-0.15, -0.1) is 0 Å². The fourth-order valence-corrected chi connectivity index (χ4v) is 2.39. The number of hydrogen-bond acceptors (Lipinski definition) is 2. The summed E-state index contributed by atoms with van der Waals surface area (Å²) in [4.78, 5) is 2.56. The Morgan fingerprint density at radius 3 is 2.44 bits per heavy atom. The Morgan fingerprint density at radius 1 is 1.17 bits per heavy atom. The van der Waals surface area contributed by atoms with Crippen molar-refractivity contribution < 1.29 is 4.74 Å². The molecule has 0 radical (unpaired) electrons. The van der Waals surface area contributed by atoms with Gasteiger partial charge in [0.05, 0.1) is 6.61 Å². The zero-order valence-corrected chi connectivity index (χ0v) is 11.7. The SMILES string of the molecule is CCCOc1ccc(CN2CCC(C)CC2)cc1. The maximum atomic E-state index is 5.60. The summed E-state index contributed by atoms with van der Waals surface area (Å²) in [5.41, 5.74) is 1.40. The Hall–Kier alpha value is -1.02. The molecule has 2 heteroatoms. The summed E-state index contributed by atoms with van der Waals surface area (Å²) in [5.74, 6) is 1.90. The second-order valence-corrected chi connectivity index (χ2v) is 5.45. The highest BCUT2D eigenvalue weighted by Gasteiger charge is 2.15. The van der Waals surface area contributed by atoms with Crippen molar-refractivity contribution >= 4 is 0 Å². The van der Waals surface area contributed by atoms with Gasteiger partial charge >= 0.3 is 0 Å². The molecule has 1 aromatic rings. The minimum atomic E-state index is 0.809. The average molecular weight is 247 g/mol. The highest BCUT2D eigenvalue weighted by atomic mass is 16.5. The standard InChI is InChI=1S/C16H25NO/c1-3-12-18-16-6-4-15(5-7-16)13-17-10-8-14(2)9-11-17/h4-7,14H,3,8-13H2,1-2H3. The monoisotopic (exact) mass is 247 g/mol. The lowest BCUT2D eigenvalue weighted by molar-refractivity contribution is 0.185. The molecule has 1 aliphatic heterocycles. The van der Waals surface area contributed by atoms with Crippen molar-refractivity contribution in [1.82, 2.24) is 4.90 Å². The van der Waals surface area contributed by atoms with E-state index >= 15 is 0 Å². The topological polar surface area (TPSA) is 12.5 Å². The molecule has 0 aromatic heterocycles. The van der Waals surface area contributed by atoms with Crippen LogP contribution >= 0.6 is 0 Å². The smallest absolute Gasteiger partial charge is 0.119 e. The quantitative estimate of drug-likeness (QED) is 0.786. The van der Waals surface area contributed by atoms with Crippen LogP contribution in [0.15, 0.2) is 24.3 Å². The first kappa shape index (κ1) is 13.4. The van der Waals surface area contributed by atoms with Crippen LogP contribution in [-0.2, 0) is 6.54 Å². The highest BCUT2D eigenvalue weighted by molar-refractivity contribution is 5.27. The van der Waals surface area contributed by atoms with Crippen LogP contribution in [0.1, 0.15) is 38.7 Å². The fraction of sp³-hybridized carbons (Fsp3) is 0.625. The number of benzene rings is 1. The van der Waals surface area contributed by atoms with Gasteiger partial charge in [0.15, 0.2) is 0 Å². The van der Waals surface area contributed by atoms with Crippen LogP contribution in [0, 0.1) is 5.92 Å². The molecule has 2 rings (SSSR count). The number of hydrogen-bond donors (Lipinski definition) is 0. The first-order chi connectivity index (χ1) is 8.78. The van der Waals surface area contributed by atoms with Gasteiger partial charge in [-0.05, 0) is 56.0 Å². The van der Waals surface area contributed by atoms with Gasteiger partial charge in [0.2, 0.25) is 0 Å². The third-order valence-electron chi connectivity index (χ3n) is 3.68. The molecular formula is C16H25NO. The van der Waals surface area contributed by atoms with Crippen molar-refractivity contribution in [2.45, 2.75) is 39.7 Å². The number of likely N-dealkylation sites (tertiary alicyclic amines) is 1. The average Bonchev–Trinajstić information content (AvgIpc) is 2.41. The molecule has 0 N–H and O–H groups in total. The number of piperidine rings is 1. The largest absolute Gasteiger partial charge is 0.494 e. The Kier molecular flexibility index (Phi) is 5.06. The van der Waals surface area contributed by atoms with Crippen LogP contribution in [-0.4, -0.2) is 24.6 Å². The lowest BCUT2D eigenvalue weighted by Gasteiger charge is -2.30. The molecule has 0 aliphatic carbocycles. The van der Waals surface area contributed by atoms with Crippen LogP contribution in [0.2, 0.25) is 0 Å². The number of nitrogens with zero attached hydrogens (tertiary/aromatic N) is 1. The summed E-state index contributed by atoms with van der Waals surface area (Å²) in [7, 11) is 0. The summed E-state index contributed by atoms with van der Waals surface area (Å²) < 4.78 is 5.60. The highest BCUT2D eigenvalue weighted by Crippen LogP contribution is 2.19. The van der Waals surface area contributed by atoms with Crippen LogP contribution in [0.5, 0.6) is 5.75 Å². The van der Waals surface area contributed by atoms with E-state index in [4.69, 9.17) is 4.74 Å². The van der Waals surface area contributed by atoms with Gasteiger partial charge in [-0.2, -0.15) is 0 Å². The molecule has 18 heavy (non-hydrogen) atoms. The van der Waals surface area contributed by atoms with Crippen molar-refractivity contribution in [2.24, 2.45) is 5.92 Å². The third-order valence-corrected chi connectivity index (χ3v) is 3.68. The van der Waals surface area contributed by atoms with Gasteiger partial charge in [0.25, 0.3) is 0 Å². The van der Waals surface area contributed by atoms with Gasteiger partial charge < -0.3 is 4.74 Å². The maximum Gasteiger partial charge on any atom is 0.119 e. The molecule has 1 aromatic carbocycles. The van der Waals surface area contributed by atoms with E-state index in [9.17, 15) is 0 Å². The Balaban J connectivity index is 1.82. The minimum Gasteiger partial charge on any atom is -0.494 e. The summed E-state index contributed by atoms with van der Waals surface area (Å²) >= 11 is 0. The summed E-state index contributed by atoms with van der Waals surface area (Å²) in [5, 5.41) is 0. The first-order valence-corrected chi connectivity index (χ1v) is 7.22. The number of rotatable bonds is 5. The van der Waals surface area contributed by atoms with E-state index in [0.717, 1.165) is 31.2 Å². The summed E-state index contributed by atoms with van der Waals surface area (Å²) in [6.45, 7) is 8.87. The van der Waals surface area contributed by atoms with Crippen LogP contribution < -0.4 is 4.74 Å². The van der Waals surface area contributed by atoms with Crippen LogP contribution in [0.4, 0.5) is 0 Å². The van der Waals surface area contributed by atoms with E-state index in [0.29, 0.717) is 0 Å². The molecule has 2 nitrogen and oxygen atoms in total. The second-order valence-electron chi connectivity index (χ2n) is 5.45. The Morgan fingerprint density at radius 2 is 1.83 bits per heavy atom. The molecule has 0 bridgehead atoms. The molecule has 0 unspecified atom stereocenters. The molecule has 100 valence electrons.